The minimum absolute atomic E-state index is 0.121. The Morgan fingerprint density at radius 2 is 1.89 bits per heavy atom. The molecule has 0 radical (unpaired) electrons. The van der Waals surface area contributed by atoms with Crippen molar-refractivity contribution in [1.29, 1.82) is 0 Å². The van der Waals surface area contributed by atoms with Crippen LogP contribution in [0.1, 0.15) is 52.9 Å². The van der Waals surface area contributed by atoms with E-state index in [0.29, 0.717) is 6.42 Å². The fraction of sp³-hybridized carbons (Fsp3) is 0.857. The van der Waals surface area contributed by atoms with Gasteiger partial charge in [0.05, 0.1) is 6.54 Å². The van der Waals surface area contributed by atoms with E-state index in [4.69, 9.17) is 4.74 Å². The molecule has 0 heterocycles. The molecular weight excluding hydrogens is 230 g/mol. The number of amides is 1. The number of hydrogen-bond donors (Lipinski definition) is 0. The molecule has 1 aliphatic rings. The Balaban J connectivity index is 2.23. The van der Waals surface area contributed by atoms with Gasteiger partial charge in [0.15, 0.2) is 5.78 Å². The Hall–Kier alpha value is -1.06. The van der Waals surface area contributed by atoms with Crippen molar-refractivity contribution in [2.75, 3.05) is 13.6 Å². The number of likely N-dealkylation sites (N-methyl/N-ethyl adjacent to an activating group) is 1. The first kappa shape index (κ1) is 15.0. The van der Waals surface area contributed by atoms with Gasteiger partial charge in [-0.05, 0) is 33.1 Å². The van der Waals surface area contributed by atoms with E-state index in [-0.39, 0.29) is 12.3 Å². The standard InChI is InChI=1S/C14H25NO3/c1-14(2,3)18-13(17)15(4)10-12(16)9-8-11-6-5-7-11/h11H,5-10H2,1-4H3. The van der Waals surface area contributed by atoms with Crippen molar-refractivity contribution in [3.8, 4) is 0 Å². The summed E-state index contributed by atoms with van der Waals surface area (Å²) in [5.74, 6) is 0.857. The molecule has 1 rings (SSSR count). The second-order valence-electron chi connectivity index (χ2n) is 6.21. The van der Waals surface area contributed by atoms with Gasteiger partial charge < -0.3 is 9.64 Å². The summed E-state index contributed by atoms with van der Waals surface area (Å²) in [5.41, 5.74) is -0.514. The molecule has 18 heavy (non-hydrogen) atoms. The number of carbonyl (C=O) groups excluding carboxylic acids is 2. The Morgan fingerprint density at radius 3 is 2.33 bits per heavy atom. The van der Waals surface area contributed by atoms with Crippen molar-refractivity contribution in [2.45, 2.75) is 58.5 Å². The first-order valence-electron chi connectivity index (χ1n) is 6.74. The number of Topliss-reactive ketones (excluding diaryl/α,β-unsaturated/α-hetero) is 1. The highest BCUT2D eigenvalue weighted by atomic mass is 16.6. The van der Waals surface area contributed by atoms with Crippen molar-refractivity contribution in [1.82, 2.24) is 4.90 Å². The van der Waals surface area contributed by atoms with E-state index in [1.165, 1.54) is 24.2 Å². The largest absolute Gasteiger partial charge is 0.444 e. The third-order valence-corrected chi connectivity index (χ3v) is 3.17. The van der Waals surface area contributed by atoms with Crippen LogP contribution in [0.3, 0.4) is 0 Å². The molecule has 0 atom stereocenters. The number of hydrogen-bond acceptors (Lipinski definition) is 3. The van der Waals surface area contributed by atoms with Crippen LogP contribution in [0.2, 0.25) is 0 Å². The van der Waals surface area contributed by atoms with Gasteiger partial charge in [-0.1, -0.05) is 19.3 Å². The normalized spacial score (nSPS) is 16.0. The molecular formula is C14H25NO3. The molecule has 1 aliphatic carbocycles. The van der Waals surface area contributed by atoms with E-state index >= 15 is 0 Å². The van der Waals surface area contributed by atoms with Gasteiger partial charge >= 0.3 is 6.09 Å². The lowest BCUT2D eigenvalue weighted by molar-refractivity contribution is -0.120. The molecule has 1 saturated carbocycles. The zero-order valence-corrected chi connectivity index (χ0v) is 12.0. The van der Waals surface area contributed by atoms with E-state index in [1.54, 1.807) is 7.05 Å². The van der Waals surface area contributed by atoms with E-state index < -0.39 is 11.7 Å². The predicted molar refractivity (Wildman–Crippen MR) is 70.4 cm³/mol. The quantitative estimate of drug-likeness (QED) is 0.758. The summed E-state index contributed by atoms with van der Waals surface area (Å²) in [6.07, 6.45) is 4.94. The van der Waals surface area contributed by atoms with Gasteiger partial charge in [0.1, 0.15) is 5.60 Å². The molecule has 4 heteroatoms. The molecule has 0 aliphatic heterocycles. The third-order valence-electron chi connectivity index (χ3n) is 3.17. The maximum atomic E-state index is 11.7. The van der Waals surface area contributed by atoms with Crippen molar-refractivity contribution in [2.24, 2.45) is 5.92 Å². The average Bonchev–Trinajstić information content (AvgIpc) is 2.12. The number of rotatable bonds is 5. The summed E-state index contributed by atoms with van der Waals surface area (Å²) in [7, 11) is 1.61. The molecule has 0 aromatic heterocycles. The van der Waals surface area contributed by atoms with Crippen molar-refractivity contribution >= 4 is 11.9 Å². The van der Waals surface area contributed by atoms with E-state index in [0.717, 1.165) is 12.3 Å². The second kappa shape index (κ2) is 6.21. The lowest BCUT2D eigenvalue weighted by Crippen LogP contribution is -2.37. The molecule has 0 unspecified atom stereocenters. The zero-order valence-electron chi connectivity index (χ0n) is 12.0. The minimum atomic E-state index is -0.514. The lowest BCUT2D eigenvalue weighted by Gasteiger charge is -2.26. The van der Waals surface area contributed by atoms with Gasteiger partial charge in [0.25, 0.3) is 0 Å². The van der Waals surface area contributed by atoms with Crippen LogP contribution in [-0.2, 0) is 9.53 Å². The SMILES string of the molecule is CN(CC(=O)CCC1CCC1)C(=O)OC(C)(C)C. The van der Waals surface area contributed by atoms with Crippen LogP contribution in [-0.4, -0.2) is 36.0 Å². The van der Waals surface area contributed by atoms with Gasteiger partial charge in [0.2, 0.25) is 0 Å². The van der Waals surface area contributed by atoms with Crippen LogP contribution in [0.5, 0.6) is 0 Å². The van der Waals surface area contributed by atoms with Crippen LogP contribution in [0.15, 0.2) is 0 Å². The summed E-state index contributed by atoms with van der Waals surface area (Å²) in [6.45, 7) is 5.60. The van der Waals surface area contributed by atoms with Crippen LogP contribution >= 0.6 is 0 Å². The first-order valence-corrected chi connectivity index (χ1v) is 6.74. The van der Waals surface area contributed by atoms with E-state index in [1.807, 2.05) is 20.8 Å². The number of nitrogens with zero attached hydrogens (tertiary/aromatic N) is 1. The Labute approximate surface area is 110 Å². The van der Waals surface area contributed by atoms with Crippen LogP contribution in [0.25, 0.3) is 0 Å². The molecule has 0 aromatic carbocycles. The topological polar surface area (TPSA) is 46.6 Å². The molecule has 1 amide bonds. The molecule has 0 spiro atoms. The monoisotopic (exact) mass is 255 g/mol. The number of ether oxygens (including phenoxy) is 1. The predicted octanol–water partition coefficient (Wildman–Crippen LogP) is 3.00. The van der Waals surface area contributed by atoms with Crippen LogP contribution in [0, 0.1) is 5.92 Å². The lowest BCUT2D eigenvalue weighted by atomic mass is 9.82. The molecule has 104 valence electrons. The number of ketones is 1. The highest BCUT2D eigenvalue weighted by Gasteiger charge is 2.22. The van der Waals surface area contributed by atoms with Gasteiger partial charge in [0, 0.05) is 13.5 Å². The van der Waals surface area contributed by atoms with Gasteiger partial charge in [-0.3, -0.25) is 4.79 Å². The van der Waals surface area contributed by atoms with Gasteiger partial charge in [-0.15, -0.1) is 0 Å². The third kappa shape index (κ3) is 5.52. The maximum Gasteiger partial charge on any atom is 0.410 e. The Morgan fingerprint density at radius 1 is 1.28 bits per heavy atom. The Bertz CT molecular complexity index is 303. The minimum Gasteiger partial charge on any atom is -0.444 e. The van der Waals surface area contributed by atoms with Crippen molar-refractivity contribution in [3.05, 3.63) is 0 Å². The maximum absolute atomic E-state index is 11.7. The number of carbonyl (C=O) groups is 2. The van der Waals surface area contributed by atoms with Gasteiger partial charge in [-0.25, -0.2) is 4.79 Å². The summed E-state index contributed by atoms with van der Waals surface area (Å²) in [5, 5.41) is 0. The van der Waals surface area contributed by atoms with E-state index in [9.17, 15) is 9.59 Å². The second-order valence-corrected chi connectivity index (χ2v) is 6.21. The molecule has 0 bridgehead atoms. The van der Waals surface area contributed by atoms with Crippen molar-refractivity contribution in [3.63, 3.8) is 0 Å². The highest BCUT2D eigenvalue weighted by Crippen LogP contribution is 2.30. The highest BCUT2D eigenvalue weighted by molar-refractivity contribution is 5.83. The van der Waals surface area contributed by atoms with E-state index in [2.05, 4.69) is 0 Å². The van der Waals surface area contributed by atoms with Crippen molar-refractivity contribution < 1.29 is 14.3 Å². The zero-order chi connectivity index (χ0) is 13.8. The molecule has 1 fully saturated rings. The summed E-state index contributed by atoms with van der Waals surface area (Å²) < 4.78 is 5.19. The van der Waals surface area contributed by atoms with Crippen LogP contribution < -0.4 is 0 Å². The fourth-order valence-electron chi connectivity index (χ4n) is 1.89. The summed E-state index contributed by atoms with van der Waals surface area (Å²) in [6, 6.07) is 0. The average molecular weight is 255 g/mol. The first-order chi connectivity index (χ1) is 8.28. The summed E-state index contributed by atoms with van der Waals surface area (Å²) >= 11 is 0. The Kier molecular flexibility index (Phi) is 5.17. The summed E-state index contributed by atoms with van der Waals surface area (Å²) in [4.78, 5) is 24.7. The molecule has 0 saturated heterocycles. The molecule has 0 aromatic rings. The van der Waals surface area contributed by atoms with Gasteiger partial charge in [-0.2, -0.15) is 0 Å². The molecule has 4 nitrogen and oxygen atoms in total. The molecule has 0 N–H and O–H groups in total. The smallest absolute Gasteiger partial charge is 0.410 e. The fourth-order valence-corrected chi connectivity index (χ4v) is 1.89. The van der Waals surface area contributed by atoms with Crippen LogP contribution in [0.4, 0.5) is 4.79 Å².